The quantitative estimate of drug-likeness (QED) is 0.447. The normalized spacial score (nSPS) is 11.1. The third-order valence-corrected chi connectivity index (χ3v) is 4.66. The summed E-state index contributed by atoms with van der Waals surface area (Å²) in [6, 6.07) is 13.6. The van der Waals surface area contributed by atoms with E-state index in [0.717, 1.165) is 33.6 Å². The minimum atomic E-state index is 0.528. The third kappa shape index (κ3) is 3.87. The van der Waals surface area contributed by atoms with E-state index in [9.17, 15) is 0 Å². The Kier molecular flexibility index (Phi) is 5.30. The van der Waals surface area contributed by atoms with Gasteiger partial charge in [0, 0.05) is 24.6 Å². The van der Waals surface area contributed by atoms with Gasteiger partial charge in [0.15, 0.2) is 5.52 Å². The van der Waals surface area contributed by atoms with Crippen molar-refractivity contribution in [1.82, 2.24) is 19.5 Å². The second-order valence-corrected chi connectivity index (χ2v) is 6.59. The zero-order valence-electron chi connectivity index (χ0n) is 16.0. The van der Waals surface area contributed by atoms with Crippen LogP contribution in [0.2, 0.25) is 0 Å². The number of hydrogen-bond donors (Lipinski definition) is 0. The van der Waals surface area contributed by atoms with Crippen LogP contribution in [0.3, 0.4) is 0 Å². The van der Waals surface area contributed by atoms with Crippen LogP contribution >= 0.6 is 0 Å². The molecule has 0 radical (unpaired) electrons. The fraction of sp³-hybridized carbons (Fsp3) is 0.227. The van der Waals surface area contributed by atoms with Gasteiger partial charge < -0.3 is 14.0 Å². The van der Waals surface area contributed by atoms with Crippen LogP contribution in [0.15, 0.2) is 61.2 Å². The summed E-state index contributed by atoms with van der Waals surface area (Å²) in [6.07, 6.45) is 5.37. The van der Waals surface area contributed by atoms with Crippen LogP contribution in [-0.4, -0.2) is 26.1 Å². The SMILES string of the molecule is Cc1nc(Oc2ccccc2)c2ncn(CCOCc3ccncc3)c2c1C. The molecule has 0 N–H and O–H groups in total. The highest BCUT2D eigenvalue weighted by atomic mass is 16.5. The van der Waals surface area contributed by atoms with E-state index in [1.54, 1.807) is 12.4 Å². The molecule has 4 aromatic rings. The molecule has 0 fully saturated rings. The number of hydrogen-bond acceptors (Lipinski definition) is 5. The van der Waals surface area contributed by atoms with E-state index in [1.807, 2.05) is 55.7 Å². The van der Waals surface area contributed by atoms with Gasteiger partial charge in [-0.3, -0.25) is 4.98 Å². The number of ether oxygens (including phenoxy) is 2. The molecule has 6 nitrogen and oxygen atoms in total. The fourth-order valence-corrected chi connectivity index (χ4v) is 3.07. The van der Waals surface area contributed by atoms with Gasteiger partial charge in [-0.2, -0.15) is 0 Å². The molecule has 0 amide bonds. The minimum Gasteiger partial charge on any atom is -0.437 e. The van der Waals surface area contributed by atoms with E-state index in [1.165, 1.54) is 0 Å². The molecule has 4 rings (SSSR count). The zero-order valence-corrected chi connectivity index (χ0v) is 16.0. The predicted octanol–water partition coefficient (Wildman–Crippen LogP) is 4.45. The lowest BCUT2D eigenvalue weighted by molar-refractivity contribution is 0.114. The molecule has 0 aliphatic carbocycles. The van der Waals surface area contributed by atoms with Crippen molar-refractivity contribution in [3.05, 3.63) is 78.0 Å². The van der Waals surface area contributed by atoms with Crippen LogP contribution in [-0.2, 0) is 17.9 Å². The van der Waals surface area contributed by atoms with E-state index in [-0.39, 0.29) is 0 Å². The molecule has 3 heterocycles. The number of imidazole rings is 1. The minimum absolute atomic E-state index is 0.528. The van der Waals surface area contributed by atoms with Crippen LogP contribution in [0.25, 0.3) is 11.0 Å². The van der Waals surface area contributed by atoms with Crippen molar-refractivity contribution >= 4 is 11.0 Å². The monoisotopic (exact) mass is 374 g/mol. The molecule has 28 heavy (non-hydrogen) atoms. The first-order valence-electron chi connectivity index (χ1n) is 9.24. The summed E-state index contributed by atoms with van der Waals surface area (Å²) in [6.45, 7) is 5.91. The maximum atomic E-state index is 6.00. The molecule has 0 saturated carbocycles. The number of para-hydroxylation sites is 1. The second kappa shape index (κ2) is 8.19. The van der Waals surface area contributed by atoms with E-state index >= 15 is 0 Å². The van der Waals surface area contributed by atoms with Gasteiger partial charge in [-0.15, -0.1) is 0 Å². The largest absolute Gasteiger partial charge is 0.437 e. The Bertz CT molecular complexity index is 1060. The number of pyridine rings is 2. The molecule has 0 aliphatic heterocycles. The molecule has 3 aromatic heterocycles. The van der Waals surface area contributed by atoms with Gasteiger partial charge in [0.05, 0.1) is 25.1 Å². The van der Waals surface area contributed by atoms with Crippen molar-refractivity contribution in [3.8, 4) is 11.6 Å². The van der Waals surface area contributed by atoms with E-state index in [4.69, 9.17) is 9.47 Å². The van der Waals surface area contributed by atoms with Gasteiger partial charge in [-0.25, -0.2) is 9.97 Å². The van der Waals surface area contributed by atoms with Gasteiger partial charge in [0.2, 0.25) is 5.88 Å². The van der Waals surface area contributed by atoms with Gasteiger partial charge >= 0.3 is 0 Å². The van der Waals surface area contributed by atoms with Gasteiger partial charge in [0.1, 0.15) is 5.75 Å². The summed E-state index contributed by atoms with van der Waals surface area (Å²) < 4.78 is 13.9. The molecular formula is C22H22N4O2. The summed E-state index contributed by atoms with van der Waals surface area (Å²) in [5.41, 5.74) is 4.94. The maximum absolute atomic E-state index is 6.00. The number of nitrogens with zero attached hydrogens (tertiary/aromatic N) is 4. The van der Waals surface area contributed by atoms with Crippen molar-refractivity contribution in [3.63, 3.8) is 0 Å². The number of fused-ring (bicyclic) bond motifs is 1. The zero-order chi connectivity index (χ0) is 19.3. The first-order valence-corrected chi connectivity index (χ1v) is 9.24. The Hall–Kier alpha value is -3.25. The fourth-order valence-electron chi connectivity index (χ4n) is 3.07. The molecule has 6 heteroatoms. The Labute approximate surface area is 163 Å². The lowest BCUT2D eigenvalue weighted by Crippen LogP contribution is -2.06. The van der Waals surface area contributed by atoms with E-state index in [2.05, 4.69) is 26.4 Å². The summed E-state index contributed by atoms with van der Waals surface area (Å²) >= 11 is 0. The van der Waals surface area contributed by atoms with Crippen molar-refractivity contribution in [2.45, 2.75) is 27.0 Å². The molecule has 0 bridgehead atoms. The van der Waals surface area contributed by atoms with Crippen molar-refractivity contribution in [2.75, 3.05) is 6.61 Å². The van der Waals surface area contributed by atoms with Crippen LogP contribution in [0.5, 0.6) is 11.6 Å². The van der Waals surface area contributed by atoms with Crippen LogP contribution in [0.4, 0.5) is 0 Å². The average Bonchev–Trinajstić information content (AvgIpc) is 3.15. The van der Waals surface area contributed by atoms with Crippen molar-refractivity contribution < 1.29 is 9.47 Å². The molecule has 0 unspecified atom stereocenters. The first kappa shape index (κ1) is 18.1. The van der Waals surface area contributed by atoms with Crippen molar-refractivity contribution in [2.24, 2.45) is 0 Å². The standard InChI is InChI=1S/C22H22N4O2/c1-16-17(2)25-22(28-19-6-4-3-5-7-19)20-21(16)26(15-24-20)12-13-27-14-18-8-10-23-11-9-18/h3-11,15H,12-14H2,1-2H3. The lowest BCUT2D eigenvalue weighted by atomic mass is 10.2. The summed E-state index contributed by atoms with van der Waals surface area (Å²) in [7, 11) is 0. The van der Waals surface area contributed by atoms with Gasteiger partial charge in [0.25, 0.3) is 0 Å². The summed E-state index contributed by atoms with van der Waals surface area (Å²) in [5.74, 6) is 1.27. The Morgan fingerprint density at radius 2 is 1.79 bits per heavy atom. The van der Waals surface area contributed by atoms with E-state index in [0.29, 0.717) is 25.6 Å². The third-order valence-electron chi connectivity index (χ3n) is 4.66. The maximum Gasteiger partial charge on any atom is 0.247 e. The number of benzene rings is 1. The number of aryl methyl sites for hydroxylation is 2. The summed E-state index contributed by atoms with van der Waals surface area (Å²) in [5, 5.41) is 0. The smallest absolute Gasteiger partial charge is 0.247 e. The Balaban J connectivity index is 1.53. The number of rotatable bonds is 7. The molecule has 0 atom stereocenters. The molecular weight excluding hydrogens is 352 g/mol. The highest BCUT2D eigenvalue weighted by molar-refractivity contribution is 5.84. The van der Waals surface area contributed by atoms with Crippen LogP contribution < -0.4 is 4.74 Å². The van der Waals surface area contributed by atoms with Crippen LogP contribution in [0.1, 0.15) is 16.8 Å². The van der Waals surface area contributed by atoms with E-state index < -0.39 is 0 Å². The Morgan fingerprint density at radius 3 is 2.57 bits per heavy atom. The highest BCUT2D eigenvalue weighted by Crippen LogP contribution is 2.30. The summed E-state index contributed by atoms with van der Waals surface area (Å²) in [4.78, 5) is 13.2. The molecule has 1 aromatic carbocycles. The first-order chi connectivity index (χ1) is 13.7. The van der Waals surface area contributed by atoms with Crippen molar-refractivity contribution in [1.29, 1.82) is 0 Å². The second-order valence-electron chi connectivity index (χ2n) is 6.59. The van der Waals surface area contributed by atoms with Crippen LogP contribution in [0, 0.1) is 13.8 Å². The topological polar surface area (TPSA) is 62.1 Å². The van der Waals surface area contributed by atoms with Gasteiger partial charge in [-0.05, 0) is 49.2 Å². The highest BCUT2D eigenvalue weighted by Gasteiger charge is 2.16. The molecule has 0 saturated heterocycles. The Morgan fingerprint density at radius 1 is 1.00 bits per heavy atom. The number of aromatic nitrogens is 4. The molecule has 142 valence electrons. The lowest BCUT2D eigenvalue weighted by Gasteiger charge is -2.11. The molecule has 0 aliphatic rings. The predicted molar refractivity (Wildman–Crippen MR) is 107 cm³/mol. The molecule has 0 spiro atoms. The average molecular weight is 374 g/mol. The van der Waals surface area contributed by atoms with Gasteiger partial charge in [-0.1, -0.05) is 18.2 Å².